The molecule has 0 fully saturated rings. The zero-order chi connectivity index (χ0) is 11.3. The highest BCUT2D eigenvalue weighted by Crippen LogP contribution is 2.23. The summed E-state index contributed by atoms with van der Waals surface area (Å²) in [5, 5.41) is 0. The summed E-state index contributed by atoms with van der Waals surface area (Å²) in [5.74, 6) is 0. The lowest BCUT2D eigenvalue weighted by Gasteiger charge is -2.18. The van der Waals surface area contributed by atoms with Gasteiger partial charge >= 0.3 is 0 Å². The number of hydrogen-bond acceptors (Lipinski definition) is 3. The molecule has 0 N–H and O–H groups in total. The van der Waals surface area contributed by atoms with Gasteiger partial charge in [0.2, 0.25) is 0 Å². The van der Waals surface area contributed by atoms with Crippen molar-refractivity contribution in [3.05, 3.63) is 20.8 Å². The number of nitrogens with zero attached hydrogens (tertiary/aromatic N) is 1. The summed E-state index contributed by atoms with van der Waals surface area (Å²) in [4.78, 5) is 4.06. The van der Waals surface area contributed by atoms with Crippen molar-refractivity contribution >= 4 is 43.2 Å². The average Bonchev–Trinajstić information content (AvgIpc) is 2.51. The molecule has 5 heteroatoms. The van der Waals surface area contributed by atoms with Crippen LogP contribution in [0.4, 0.5) is 0 Å². The third kappa shape index (κ3) is 5.45. The molecule has 1 aromatic rings. The van der Waals surface area contributed by atoms with Crippen molar-refractivity contribution in [2.75, 3.05) is 27.3 Å². The van der Waals surface area contributed by atoms with Gasteiger partial charge in [-0.25, -0.2) is 0 Å². The number of ether oxygens (including phenoxy) is 1. The highest BCUT2D eigenvalue weighted by molar-refractivity contribution is 9.11. The fourth-order valence-corrected chi connectivity index (χ4v) is 3.66. The molecule has 1 rings (SSSR count). The van der Waals surface area contributed by atoms with Crippen LogP contribution in [0.5, 0.6) is 0 Å². The van der Waals surface area contributed by atoms with E-state index in [0.717, 1.165) is 19.7 Å². The van der Waals surface area contributed by atoms with Crippen LogP contribution in [0.2, 0.25) is 0 Å². The second kappa shape index (κ2) is 7.01. The second-order valence-electron chi connectivity index (χ2n) is 3.46. The van der Waals surface area contributed by atoms with E-state index in [1.54, 1.807) is 18.4 Å². The standard InChI is InChI=1S/C10H15Br2NOS/c1-13(5-8(11)7-14-2)6-9-3-4-10(12)15-9/h3-4,8H,5-7H2,1-2H3. The molecule has 15 heavy (non-hydrogen) atoms. The molecular formula is C10H15Br2NOS. The summed E-state index contributed by atoms with van der Waals surface area (Å²) in [6.45, 7) is 2.73. The number of methoxy groups -OCH3 is 1. The lowest BCUT2D eigenvalue weighted by Crippen LogP contribution is -2.27. The van der Waals surface area contributed by atoms with E-state index in [0.29, 0.717) is 4.83 Å². The highest BCUT2D eigenvalue weighted by Gasteiger charge is 2.09. The monoisotopic (exact) mass is 355 g/mol. The third-order valence-electron chi connectivity index (χ3n) is 1.91. The Morgan fingerprint density at radius 3 is 2.80 bits per heavy atom. The molecular weight excluding hydrogens is 342 g/mol. The van der Waals surface area contributed by atoms with Crippen LogP contribution in [-0.4, -0.2) is 37.0 Å². The fourth-order valence-electron chi connectivity index (χ4n) is 1.34. The maximum absolute atomic E-state index is 5.08. The Morgan fingerprint density at radius 1 is 1.53 bits per heavy atom. The SMILES string of the molecule is COCC(Br)CN(C)Cc1ccc(Br)s1. The minimum atomic E-state index is 0.399. The first-order valence-electron chi connectivity index (χ1n) is 4.67. The van der Waals surface area contributed by atoms with Crippen molar-refractivity contribution in [2.45, 2.75) is 11.4 Å². The van der Waals surface area contributed by atoms with Crippen LogP contribution in [0.3, 0.4) is 0 Å². The van der Waals surface area contributed by atoms with E-state index >= 15 is 0 Å². The molecule has 1 heterocycles. The zero-order valence-corrected chi connectivity index (χ0v) is 12.9. The summed E-state index contributed by atoms with van der Waals surface area (Å²) in [7, 11) is 3.85. The largest absolute Gasteiger partial charge is 0.383 e. The number of hydrogen-bond donors (Lipinski definition) is 0. The van der Waals surface area contributed by atoms with Crippen LogP contribution in [-0.2, 0) is 11.3 Å². The van der Waals surface area contributed by atoms with Gasteiger partial charge in [-0.1, -0.05) is 15.9 Å². The molecule has 0 aromatic carbocycles. The van der Waals surface area contributed by atoms with Crippen molar-refractivity contribution < 1.29 is 4.74 Å². The van der Waals surface area contributed by atoms with E-state index in [2.05, 4.69) is 55.9 Å². The van der Waals surface area contributed by atoms with Crippen molar-refractivity contribution in [2.24, 2.45) is 0 Å². The number of thiophene rings is 1. The summed E-state index contributed by atoms with van der Waals surface area (Å²) < 4.78 is 6.27. The molecule has 0 bridgehead atoms. The summed E-state index contributed by atoms with van der Waals surface area (Å²) in [6.07, 6.45) is 0. The molecule has 1 aromatic heterocycles. The highest BCUT2D eigenvalue weighted by atomic mass is 79.9. The molecule has 0 radical (unpaired) electrons. The van der Waals surface area contributed by atoms with Crippen LogP contribution in [0, 0.1) is 0 Å². The molecule has 0 amide bonds. The first kappa shape index (κ1) is 13.6. The van der Waals surface area contributed by atoms with Gasteiger partial charge in [0.1, 0.15) is 0 Å². The quantitative estimate of drug-likeness (QED) is 0.724. The van der Waals surface area contributed by atoms with E-state index in [4.69, 9.17) is 4.74 Å². The van der Waals surface area contributed by atoms with Gasteiger partial charge in [-0.05, 0) is 35.1 Å². The van der Waals surface area contributed by atoms with Gasteiger partial charge in [-0.15, -0.1) is 11.3 Å². The Bertz CT molecular complexity index is 293. The molecule has 0 aliphatic rings. The van der Waals surface area contributed by atoms with Gasteiger partial charge in [-0.2, -0.15) is 0 Å². The van der Waals surface area contributed by atoms with Crippen LogP contribution >= 0.6 is 43.2 Å². The number of alkyl halides is 1. The van der Waals surface area contributed by atoms with E-state index in [1.807, 2.05) is 0 Å². The minimum absolute atomic E-state index is 0.399. The first-order chi connectivity index (χ1) is 7.11. The number of rotatable bonds is 6. The maximum Gasteiger partial charge on any atom is 0.0701 e. The Hall–Kier alpha value is 0.580. The molecule has 0 spiro atoms. The fraction of sp³-hybridized carbons (Fsp3) is 0.600. The Labute approximate surface area is 112 Å². The molecule has 1 unspecified atom stereocenters. The lowest BCUT2D eigenvalue weighted by molar-refractivity contribution is 0.185. The van der Waals surface area contributed by atoms with E-state index < -0.39 is 0 Å². The minimum Gasteiger partial charge on any atom is -0.383 e. The molecule has 86 valence electrons. The van der Waals surface area contributed by atoms with Gasteiger partial charge in [-0.3, -0.25) is 0 Å². The normalized spacial score (nSPS) is 13.4. The first-order valence-corrected chi connectivity index (χ1v) is 7.20. The van der Waals surface area contributed by atoms with Crippen LogP contribution in [0.25, 0.3) is 0 Å². The average molecular weight is 357 g/mol. The van der Waals surface area contributed by atoms with Crippen LogP contribution in [0.15, 0.2) is 15.9 Å². The van der Waals surface area contributed by atoms with Gasteiger partial charge in [0.15, 0.2) is 0 Å². The summed E-state index contributed by atoms with van der Waals surface area (Å²) in [5.41, 5.74) is 0. The summed E-state index contributed by atoms with van der Waals surface area (Å²) in [6, 6.07) is 4.25. The molecule has 0 aliphatic heterocycles. The molecule has 2 nitrogen and oxygen atoms in total. The van der Waals surface area contributed by atoms with Gasteiger partial charge in [0.25, 0.3) is 0 Å². The van der Waals surface area contributed by atoms with Crippen molar-refractivity contribution in [1.29, 1.82) is 0 Å². The topological polar surface area (TPSA) is 12.5 Å². The molecule has 1 atom stereocenters. The summed E-state index contributed by atoms with van der Waals surface area (Å²) >= 11 is 8.84. The van der Waals surface area contributed by atoms with Crippen molar-refractivity contribution in [1.82, 2.24) is 4.90 Å². The van der Waals surface area contributed by atoms with E-state index in [9.17, 15) is 0 Å². The Balaban J connectivity index is 2.32. The van der Waals surface area contributed by atoms with Crippen molar-refractivity contribution in [3.63, 3.8) is 0 Å². The van der Waals surface area contributed by atoms with E-state index in [1.165, 1.54) is 8.66 Å². The smallest absolute Gasteiger partial charge is 0.0701 e. The predicted molar refractivity (Wildman–Crippen MR) is 72.9 cm³/mol. The predicted octanol–water partition coefficient (Wildman–Crippen LogP) is 3.35. The van der Waals surface area contributed by atoms with Crippen LogP contribution < -0.4 is 0 Å². The Kier molecular flexibility index (Phi) is 6.38. The van der Waals surface area contributed by atoms with Gasteiger partial charge in [0, 0.05) is 25.1 Å². The lowest BCUT2D eigenvalue weighted by atomic mass is 10.4. The third-order valence-corrected chi connectivity index (χ3v) is 4.07. The van der Waals surface area contributed by atoms with E-state index in [-0.39, 0.29) is 0 Å². The molecule has 0 saturated carbocycles. The molecule has 0 aliphatic carbocycles. The Morgan fingerprint density at radius 2 is 2.27 bits per heavy atom. The van der Waals surface area contributed by atoms with Gasteiger partial charge in [0.05, 0.1) is 15.2 Å². The molecule has 0 saturated heterocycles. The second-order valence-corrected chi connectivity index (χ2v) is 7.30. The number of halogens is 2. The van der Waals surface area contributed by atoms with Gasteiger partial charge < -0.3 is 9.64 Å². The zero-order valence-electron chi connectivity index (χ0n) is 8.87. The maximum atomic E-state index is 5.08. The van der Waals surface area contributed by atoms with Crippen LogP contribution in [0.1, 0.15) is 4.88 Å². The van der Waals surface area contributed by atoms with Crippen molar-refractivity contribution in [3.8, 4) is 0 Å².